The summed E-state index contributed by atoms with van der Waals surface area (Å²) in [6.45, 7) is 15.1. The fourth-order valence-electron chi connectivity index (χ4n) is 17.5. The summed E-state index contributed by atoms with van der Waals surface area (Å²) in [7, 11) is 0. The quantitative estimate of drug-likeness (QED) is 0.0346. The summed E-state index contributed by atoms with van der Waals surface area (Å²) in [6, 6.07) is 0. The van der Waals surface area contributed by atoms with Gasteiger partial charge in [-0.2, -0.15) is 0 Å². The van der Waals surface area contributed by atoms with Crippen LogP contribution >= 0.6 is 0 Å². The molecule has 0 bridgehead atoms. The number of carbonyl (C=O) groups is 2. The molecule has 0 rings (SSSR count). The number of carbonyl (C=O) groups excluding carboxylic acids is 2. The Kier molecular flexibility index (Phi) is 109. The van der Waals surface area contributed by atoms with Gasteiger partial charge in [0.05, 0.1) is 13.2 Å². The van der Waals surface area contributed by atoms with Crippen molar-refractivity contribution in [2.24, 2.45) is 11.8 Å². The summed E-state index contributed by atoms with van der Waals surface area (Å²) in [5, 5.41) is 0. The molecule has 0 saturated heterocycles. The van der Waals surface area contributed by atoms with E-state index in [2.05, 4.69) is 90.2 Å². The number of rotatable bonds is 100. The minimum Gasteiger partial charge on any atom is -0.466 e. The molecule has 116 heavy (non-hydrogen) atoms. The SMILES string of the molecule is CCCCC/C=C\C/C=C\CCCCCCCC(=O)OCCCCCCCCCCCCCCCCCC(CCCCCCCC)CCCCCCCCCCCC.CCCCC/C=C\C/C=C\CCCCCCCC(=O)OCCCCCCCCCCCCCCCCCC(CCCCCCCC)CCCCCCCCCCCC. The number of hydrogen-bond donors (Lipinski definition) is 0. The highest BCUT2D eigenvalue weighted by Crippen LogP contribution is 2.28. The van der Waals surface area contributed by atoms with Gasteiger partial charge in [-0.05, 0) is 102 Å². The molecule has 0 amide bonds. The minimum atomic E-state index is 0.0166. The summed E-state index contributed by atoms with van der Waals surface area (Å²) in [5.41, 5.74) is 0. The highest BCUT2D eigenvalue weighted by Gasteiger charge is 2.12. The molecule has 0 aliphatic rings. The second-order valence-corrected chi connectivity index (χ2v) is 37.4. The van der Waals surface area contributed by atoms with Gasteiger partial charge >= 0.3 is 11.9 Å². The molecule has 0 heterocycles. The highest BCUT2D eigenvalue weighted by atomic mass is 16.5. The maximum atomic E-state index is 12.1. The van der Waals surface area contributed by atoms with Crippen LogP contribution in [0.15, 0.2) is 48.6 Å². The number of esters is 2. The first-order valence-electron chi connectivity index (χ1n) is 54.4. The molecule has 0 fully saturated rings. The van der Waals surface area contributed by atoms with Crippen LogP contribution in [-0.4, -0.2) is 25.2 Å². The third-order valence-electron chi connectivity index (χ3n) is 25.6. The van der Waals surface area contributed by atoms with Crippen LogP contribution in [0, 0.1) is 11.8 Å². The van der Waals surface area contributed by atoms with E-state index in [4.69, 9.17) is 9.47 Å². The van der Waals surface area contributed by atoms with Gasteiger partial charge in [-0.3, -0.25) is 9.59 Å². The van der Waals surface area contributed by atoms with Gasteiger partial charge in [0, 0.05) is 12.8 Å². The van der Waals surface area contributed by atoms with Crippen molar-refractivity contribution in [3.8, 4) is 0 Å². The average Bonchev–Trinajstić information content (AvgIpc) is 1.06. The smallest absolute Gasteiger partial charge is 0.305 e. The largest absolute Gasteiger partial charge is 0.466 e. The van der Waals surface area contributed by atoms with Crippen LogP contribution in [0.25, 0.3) is 0 Å². The normalized spacial score (nSPS) is 12.4. The van der Waals surface area contributed by atoms with Crippen molar-refractivity contribution in [2.75, 3.05) is 13.2 Å². The molecule has 0 N–H and O–H groups in total. The molecular formula is C112H216O4. The van der Waals surface area contributed by atoms with Crippen LogP contribution in [0.3, 0.4) is 0 Å². The van der Waals surface area contributed by atoms with E-state index in [1.807, 2.05) is 0 Å². The lowest BCUT2D eigenvalue weighted by Gasteiger charge is -2.17. The minimum absolute atomic E-state index is 0.0166. The van der Waals surface area contributed by atoms with E-state index in [1.165, 1.54) is 527 Å². The van der Waals surface area contributed by atoms with Gasteiger partial charge in [0.15, 0.2) is 0 Å². The third kappa shape index (κ3) is 106. The molecule has 2 atom stereocenters. The van der Waals surface area contributed by atoms with Crippen LogP contribution in [0.5, 0.6) is 0 Å². The van der Waals surface area contributed by atoms with Crippen LogP contribution in [-0.2, 0) is 19.1 Å². The van der Waals surface area contributed by atoms with E-state index in [9.17, 15) is 9.59 Å². The number of allylic oxidation sites excluding steroid dienone is 8. The Morgan fingerprint density at radius 3 is 0.517 bits per heavy atom. The zero-order chi connectivity index (χ0) is 83.8. The summed E-state index contributed by atoms with van der Waals surface area (Å²) in [5.74, 6) is 2.06. The lowest BCUT2D eigenvalue weighted by atomic mass is 9.89. The molecule has 0 aromatic heterocycles. The monoisotopic (exact) mass is 1630 g/mol. The zero-order valence-electron chi connectivity index (χ0n) is 80.9. The first-order chi connectivity index (χ1) is 57.5. The molecule has 0 aliphatic carbocycles. The standard InChI is InChI=1S/2C56H108O2/c2*1-4-7-10-13-16-18-20-21-23-27-30-34-38-43-48-53-56(57)58-54-49-44-39-35-31-28-25-22-24-26-29-33-37-42-47-52-55(50-45-40-15-12-9-6-3)51-46-41-36-32-19-17-14-11-8-5-2/h2*16,18,21,23,55H,4-15,17,19-20,22,24-54H2,1-3H3/b2*18-16-,23-21-. The topological polar surface area (TPSA) is 52.6 Å². The fourth-order valence-corrected chi connectivity index (χ4v) is 17.5. The van der Waals surface area contributed by atoms with Gasteiger partial charge in [-0.1, -0.05) is 578 Å². The number of ether oxygens (including phenoxy) is 2. The van der Waals surface area contributed by atoms with Crippen molar-refractivity contribution in [2.45, 2.75) is 632 Å². The van der Waals surface area contributed by atoms with Crippen molar-refractivity contribution in [3.63, 3.8) is 0 Å². The summed E-state index contributed by atoms with van der Waals surface area (Å²) < 4.78 is 11.0. The van der Waals surface area contributed by atoms with Crippen molar-refractivity contribution >= 4 is 11.9 Å². The maximum Gasteiger partial charge on any atom is 0.305 e. The predicted octanol–water partition coefficient (Wildman–Crippen LogP) is 40.5. The Balaban J connectivity index is 0. The maximum absolute atomic E-state index is 12.1. The molecule has 0 aliphatic heterocycles. The van der Waals surface area contributed by atoms with Gasteiger partial charge in [0.1, 0.15) is 0 Å². The molecule has 4 heteroatoms. The van der Waals surface area contributed by atoms with Crippen LogP contribution < -0.4 is 0 Å². The van der Waals surface area contributed by atoms with E-state index >= 15 is 0 Å². The Bertz CT molecular complexity index is 1760. The molecule has 4 nitrogen and oxygen atoms in total. The van der Waals surface area contributed by atoms with Gasteiger partial charge in [0.25, 0.3) is 0 Å². The molecule has 0 radical (unpaired) electrons. The Morgan fingerprint density at radius 1 is 0.172 bits per heavy atom. The second-order valence-electron chi connectivity index (χ2n) is 37.4. The van der Waals surface area contributed by atoms with Gasteiger partial charge < -0.3 is 9.47 Å². The van der Waals surface area contributed by atoms with Gasteiger partial charge in [0.2, 0.25) is 0 Å². The van der Waals surface area contributed by atoms with Crippen LogP contribution in [0.2, 0.25) is 0 Å². The highest BCUT2D eigenvalue weighted by molar-refractivity contribution is 5.69. The molecule has 0 spiro atoms. The average molecular weight is 1630 g/mol. The molecule has 0 saturated carbocycles. The van der Waals surface area contributed by atoms with Gasteiger partial charge in [-0.15, -0.1) is 0 Å². The van der Waals surface area contributed by atoms with E-state index in [1.54, 1.807) is 0 Å². The van der Waals surface area contributed by atoms with Crippen LogP contribution in [0.1, 0.15) is 632 Å². The van der Waals surface area contributed by atoms with E-state index in [0.717, 1.165) is 63.2 Å². The first-order valence-corrected chi connectivity index (χ1v) is 54.4. The van der Waals surface area contributed by atoms with E-state index < -0.39 is 0 Å². The summed E-state index contributed by atoms with van der Waals surface area (Å²) in [4.78, 5) is 24.1. The molecule has 688 valence electrons. The lowest BCUT2D eigenvalue weighted by Crippen LogP contribution is -2.05. The van der Waals surface area contributed by atoms with Crippen LogP contribution in [0.4, 0.5) is 0 Å². The second kappa shape index (κ2) is 109. The van der Waals surface area contributed by atoms with Crippen molar-refractivity contribution in [3.05, 3.63) is 48.6 Å². The Hall–Kier alpha value is -2.10. The van der Waals surface area contributed by atoms with Crippen molar-refractivity contribution in [1.82, 2.24) is 0 Å². The van der Waals surface area contributed by atoms with Crippen molar-refractivity contribution < 1.29 is 19.1 Å². The molecular weight excluding hydrogens is 1410 g/mol. The first kappa shape index (κ1) is 116. The Labute approximate surface area is 732 Å². The zero-order valence-corrected chi connectivity index (χ0v) is 80.9. The van der Waals surface area contributed by atoms with E-state index in [0.29, 0.717) is 26.1 Å². The van der Waals surface area contributed by atoms with Crippen molar-refractivity contribution in [1.29, 1.82) is 0 Å². The Morgan fingerprint density at radius 2 is 0.319 bits per heavy atom. The number of unbranched alkanes of at least 4 members (excludes halogenated alkanes) is 72. The molecule has 2 unspecified atom stereocenters. The molecule has 0 aromatic carbocycles. The summed E-state index contributed by atoms with van der Waals surface area (Å²) in [6.07, 6.45) is 144. The lowest BCUT2D eigenvalue weighted by molar-refractivity contribution is -0.144. The predicted molar refractivity (Wildman–Crippen MR) is 524 cm³/mol. The van der Waals surface area contributed by atoms with Gasteiger partial charge in [-0.25, -0.2) is 0 Å². The fraction of sp³-hybridized carbons (Fsp3) is 0.911. The summed E-state index contributed by atoms with van der Waals surface area (Å²) >= 11 is 0. The number of hydrogen-bond acceptors (Lipinski definition) is 4. The third-order valence-corrected chi connectivity index (χ3v) is 25.6. The molecule has 0 aromatic rings. The van der Waals surface area contributed by atoms with E-state index in [-0.39, 0.29) is 11.9 Å².